The molecular formula is C19H26O3. The summed E-state index contributed by atoms with van der Waals surface area (Å²) in [7, 11) is 0. The average molecular weight is 302 g/mol. The third-order valence-corrected chi connectivity index (χ3v) is 5.96. The van der Waals surface area contributed by atoms with Crippen molar-refractivity contribution in [2.75, 3.05) is 0 Å². The van der Waals surface area contributed by atoms with E-state index in [4.69, 9.17) is 4.74 Å². The van der Waals surface area contributed by atoms with Gasteiger partial charge in [-0.25, -0.2) is 0 Å². The first-order valence-corrected chi connectivity index (χ1v) is 8.52. The van der Waals surface area contributed by atoms with Gasteiger partial charge in [-0.1, -0.05) is 19.4 Å². The highest BCUT2D eigenvalue weighted by Gasteiger charge is 2.49. The Labute approximate surface area is 132 Å². The maximum Gasteiger partial charge on any atom is 0.293 e. The zero-order valence-electron chi connectivity index (χ0n) is 13.5. The smallest absolute Gasteiger partial charge is 0.293 e. The van der Waals surface area contributed by atoms with Crippen molar-refractivity contribution in [1.82, 2.24) is 0 Å². The molecule has 3 rings (SSSR count). The maximum absolute atomic E-state index is 11.0. The van der Waals surface area contributed by atoms with E-state index in [9.17, 15) is 9.90 Å². The highest BCUT2D eigenvalue weighted by atomic mass is 16.5. The van der Waals surface area contributed by atoms with Crippen molar-refractivity contribution < 1.29 is 14.6 Å². The zero-order chi connectivity index (χ0) is 15.7. The summed E-state index contributed by atoms with van der Waals surface area (Å²) >= 11 is 0. The molecule has 120 valence electrons. The number of carbonyl (C=O) groups excluding carboxylic acids is 1. The lowest BCUT2D eigenvalue weighted by Crippen LogP contribution is -2.48. The normalized spacial score (nSPS) is 33.6. The predicted octanol–water partition coefficient (Wildman–Crippen LogP) is 4.18. The van der Waals surface area contributed by atoms with Crippen LogP contribution < -0.4 is 0 Å². The van der Waals surface area contributed by atoms with Crippen LogP contribution in [0.4, 0.5) is 0 Å². The number of hydrogen-bond donors (Lipinski definition) is 1. The zero-order valence-corrected chi connectivity index (χ0v) is 13.5. The van der Waals surface area contributed by atoms with E-state index in [2.05, 4.69) is 19.9 Å². The molecular weight excluding hydrogens is 276 g/mol. The summed E-state index contributed by atoms with van der Waals surface area (Å²) in [6.45, 7) is 4.96. The van der Waals surface area contributed by atoms with Crippen molar-refractivity contribution in [3.05, 3.63) is 29.3 Å². The number of fused-ring (bicyclic) bond motifs is 3. The quantitative estimate of drug-likeness (QED) is 0.849. The fourth-order valence-corrected chi connectivity index (χ4v) is 4.94. The van der Waals surface area contributed by atoms with Crippen LogP contribution in [0.2, 0.25) is 0 Å². The van der Waals surface area contributed by atoms with Gasteiger partial charge in [0.15, 0.2) is 0 Å². The summed E-state index contributed by atoms with van der Waals surface area (Å²) in [5.74, 6) is 1.93. The summed E-state index contributed by atoms with van der Waals surface area (Å²) < 4.78 is 5.57. The van der Waals surface area contributed by atoms with Crippen LogP contribution in [0.15, 0.2) is 18.2 Å². The highest BCUT2D eigenvalue weighted by Crippen LogP contribution is 2.53. The molecule has 0 radical (unpaired) electrons. The number of carbonyl (C=O) groups is 1. The van der Waals surface area contributed by atoms with E-state index in [0.717, 1.165) is 38.5 Å². The highest BCUT2D eigenvalue weighted by molar-refractivity contribution is 5.41. The average Bonchev–Trinajstić information content (AvgIpc) is 2.50. The van der Waals surface area contributed by atoms with Crippen LogP contribution in [-0.4, -0.2) is 17.2 Å². The fourth-order valence-electron chi connectivity index (χ4n) is 4.94. The lowest BCUT2D eigenvalue weighted by atomic mass is 9.57. The standard InChI is InChI=1S/C19H26O3/c1-3-4-18-17-7-5-13-11-14(21)6-8-15(13)16(17)9-10-19(18,2)22-12-20/h6,8,11-12,16-18,21H,3-5,7,9-10H2,1-2H3/t16?,17?,18?,19-/m0/s1. The predicted molar refractivity (Wildman–Crippen MR) is 85.8 cm³/mol. The van der Waals surface area contributed by atoms with Crippen LogP contribution >= 0.6 is 0 Å². The second kappa shape index (κ2) is 5.94. The molecule has 3 nitrogen and oxygen atoms in total. The third kappa shape index (κ3) is 2.51. The number of phenolic OH excluding ortho intramolecular Hbond substituents is 1. The molecule has 2 aliphatic rings. The first-order chi connectivity index (χ1) is 10.6. The Hall–Kier alpha value is -1.51. The molecule has 4 atom stereocenters. The van der Waals surface area contributed by atoms with Gasteiger partial charge in [0, 0.05) is 5.92 Å². The molecule has 0 aromatic heterocycles. The first kappa shape index (κ1) is 15.4. The minimum atomic E-state index is -0.312. The Morgan fingerprint density at radius 3 is 2.95 bits per heavy atom. The number of aromatic hydroxyl groups is 1. The van der Waals surface area contributed by atoms with Crippen LogP contribution in [-0.2, 0) is 16.0 Å². The topological polar surface area (TPSA) is 46.5 Å². The van der Waals surface area contributed by atoms with Gasteiger partial charge in [0.05, 0.1) is 0 Å². The Morgan fingerprint density at radius 1 is 1.41 bits per heavy atom. The van der Waals surface area contributed by atoms with Crippen molar-refractivity contribution >= 4 is 6.47 Å². The molecule has 1 aromatic rings. The van der Waals surface area contributed by atoms with E-state index < -0.39 is 0 Å². The maximum atomic E-state index is 11.0. The second-order valence-corrected chi connectivity index (χ2v) is 7.15. The molecule has 3 heteroatoms. The Balaban J connectivity index is 1.93. The second-order valence-electron chi connectivity index (χ2n) is 7.15. The molecule has 0 heterocycles. The Bertz CT molecular complexity index is 554. The largest absolute Gasteiger partial charge is 0.508 e. The van der Waals surface area contributed by atoms with Gasteiger partial charge in [-0.05, 0) is 74.1 Å². The molecule has 1 fully saturated rings. The minimum Gasteiger partial charge on any atom is -0.508 e. The number of rotatable bonds is 4. The molecule has 0 aliphatic heterocycles. The molecule has 0 bridgehead atoms. The lowest BCUT2D eigenvalue weighted by Gasteiger charge is -2.50. The van der Waals surface area contributed by atoms with E-state index in [1.165, 1.54) is 11.1 Å². The van der Waals surface area contributed by atoms with E-state index >= 15 is 0 Å². The molecule has 0 amide bonds. The molecule has 1 N–H and O–H groups in total. The van der Waals surface area contributed by atoms with Crippen LogP contribution in [0.25, 0.3) is 0 Å². The van der Waals surface area contributed by atoms with E-state index in [0.29, 0.717) is 30.0 Å². The van der Waals surface area contributed by atoms with Crippen molar-refractivity contribution in [3.8, 4) is 5.75 Å². The van der Waals surface area contributed by atoms with Gasteiger partial charge in [0.25, 0.3) is 6.47 Å². The van der Waals surface area contributed by atoms with Crippen molar-refractivity contribution in [1.29, 1.82) is 0 Å². The molecule has 3 unspecified atom stereocenters. The van der Waals surface area contributed by atoms with E-state index in [1.807, 2.05) is 12.1 Å². The van der Waals surface area contributed by atoms with Gasteiger partial charge in [0.2, 0.25) is 0 Å². The van der Waals surface area contributed by atoms with Crippen LogP contribution in [0.5, 0.6) is 5.75 Å². The van der Waals surface area contributed by atoms with Crippen molar-refractivity contribution in [2.24, 2.45) is 11.8 Å². The van der Waals surface area contributed by atoms with Crippen LogP contribution in [0.3, 0.4) is 0 Å². The van der Waals surface area contributed by atoms with Crippen molar-refractivity contribution in [2.45, 2.75) is 63.9 Å². The van der Waals surface area contributed by atoms with Gasteiger partial charge in [-0.3, -0.25) is 4.79 Å². The SMILES string of the molecule is CCCC1C2CCc3cc(O)ccc3C2CC[C@]1(C)OC=O. The summed E-state index contributed by atoms with van der Waals surface area (Å²) in [4.78, 5) is 11.0. The van der Waals surface area contributed by atoms with Gasteiger partial charge in [-0.15, -0.1) is 0 Å². The van der Waals surface area contributed by atoms with E-state index in [-0.39, 0.29) is 5.60 Å². The fraction of sp³-hybridized carbons (Fsp3) is 0.632. The van der Waals surface area contributed by atoms with Gasteiger partial charge < -0.3 is 9.84 Å². The summed E-state index contributed by atoms with van der Waals surface area (Å²) in [6, 6.07) is 5.84. The summed E-state index contributed by atoms with van der Waals surface area (Å²) in [5.41, 5.74) is 2.40. The third-order valence-electron chi connectivity index (χ3n) is 5.96. The van der Waals surface area contributed by atoms with Crippen LogP contribution in [0.1, 0.15) is 63.0 Å². The molecule has 22 heavy (non-hydrogen) atoms. The molecule has 1 aromatic carbocycles. The first-order valence-electron chi connectivity index (χ1n) is 8.52. The van der Waals surface area contributed by atoms with E-state index in [1.54, 1.807) is 0 Å². The number of aryl methyl sites for hydroxylation is 1. The Kier molecular flexibility index (Phi) is 4.16. The summed E-state index contributed by atoms with van der Waals surface area (Å²) in [6.07, 6.45) is 6.36. The monoisotopic (exact) mass is 302 g/mol. The number of phenols is 1. The van der Waals surface area contributed by atoms with Crippen LogP contribution in [0, 0.1) is 11.8 Å². The van der Waals surface area contributed by atoms with Crippen molar-refractivity contribution in [3.63, 3.8) is 0 Å². The lowest BCUT2D eigenvalue weighted by molar-refractivity contribution is -0.158. The number of benzene rings is 1. The number of ether oxygens (including phenoxy) is 1. The molecule has 0 spiro atoms. The van der Waals surface area contributed by atoms with Gasteiger partial charge in [0.1, 0.15) is 11.4 Å². The number of hydrogen-bond acceptors (Lipinski definition) is 3. The minimum absolute atomic E-state index is 0.312. The summed E-state index contributed by atoms with van der Waals surface area (Å²) in [5, 5.41) is 9.71. The van der Waals surface area contributed by atoms with Gasteiger partial charge in [-0.2, -0.15) is 0 Å². The molecule has 2 aliphatic carbocycles. The molecule has 1 saturated carbocycles. The Morgan fingerprint density at radius 2 is 2.23 bits per heavy atom. The van der Waals surface area contributed by atoms with Gasteiger partial charge >= 0.3 is 0 Å². The molecule has 0 saturated heterocycles.